The maximum Gasteiger partial charge on any atom is 0.278 e. The van der Waals surface area contributed by atoms with Gasteiger partial charge in [0.15, 0.2) is 5.13 Å². The molecule has 0 spiro atoms. The summed E-state index contributed by atoms with van der Waals surface area (Å²) in [4.78, 5) is 27.3. The summed E-state index contributed by atoms with van der Waals surface area (Å²) >= 11 is 1.36. The molecule has 3 heterocycles. The Morgan fingerprint density at radius 1 is 1.25 bits per heavy atom. The second-order valence-corrected chi connectivity index (χ2v) is 6.45. The predicted molar refractivity (Wildman–Crippen MR) is 93.8 cm³/mol. The van der Waals surface area contributed by atoms with Crippen molar-refractivity contribution in [2.75, 3.05) is 10.2 Å². The van der Waals surface area contributed by atoms with E-state index in [9.17, 15) is 4.79 Å². The zero-order chi connectivity index (χ0) is 16.5. The molecule has 3 aromatic rings. The lowest BCUT2D eigenvalue weighted by Gasteiger charge is -2.21. The smallest absolute Gasteiger partial charge is 0.278 e. The first-order valence-corrected chi connectivity index (χ1v) is 8.51. The second-order valence-electron chi connectivity index (χ2n) is 5.59. The summed E-state index contributed by atoms with van der Waals surface area (Å²) in [5.41, 5.74) is 2.61. The SMILES string of the molecule is CC1Cc2ccccc2N1C(=O)c1csc(Nc2ncccn2)n1. The zero-order valence-electron chi connectivity index (χ0n) is 13.0. The van der Waals surface area contributed by atoms with Gasteiger partial charge < -0.3 is 10.2 Å². The molecule has 6 nitrogen and oxygen atoms in total. The minimum Gasteiger partial charge on any atom is -0.304 e. The molecule has 1 unspecified atom stereocenters. The Balaban J connectivity index is 1.58. The molecule has 1 aliphatic heterocycles. The minimum absolute atomic E-state index is 0.0780. The van der Waals surface area contributed by atoms with Crippen molar-refractivity contribution >= 4 is 34.0 Å². The van der Waals surface area contributed by atoms with Gasteiger partial charge in [-0.1, -0.05) is 18.2 Å². The lowest BCUT2D eigenvalue weighted by Crippen LogP contribution is -2.35. The Morgan fingerprint density at radius 2 is 2.04 bits per heavy atom. The summed E-state index contributed by atoms with van der Waals surface area (Å²) in [6, 6.07) is 9.89. The van der Waals surface area contributed by atoms with E-state index in [1.807, 2.05) is 23.1 Å². The number of carbonyl (C=O) groups excluding carboxylic acids is 1. The van der Waals surface area contributed by atoms with Crippen molar-refractivity contribution in [3.8, 4) is 0 Å². The highest BCUT2D eigenvalue weighted by molar-refractivity contribution is 7.14. The van der Waals surface area contributed by atoms with Gasteiger partial charge in [0.2, 0.25) is 5.95 Å². The average molecular weight is 337 g/mol. The average Bonchev–Trinajstić information content (AvgIpc) is 3.19. The molecule has 0 fully saturated rings. The Labute approximate surface area is 143 Å². The summed E-state index contributed by atoms with van der Waals surface area (Å²) in [6.07, 6.45) is 4.17. The highest BCUT2D eigenvalue weighted by Gasteiger charge is 2.32. The van der Waals surface area contributed by atoms with E-state index in [-0.39, 0.29) is 11.9 Å². The van der Waals surface area contributed by atoms with Gasteiger partial charge in [-0.15, -0.1) is 11.3 Å². The fraction of sp³-hybridized carbons (Fsp3) is 0.176. The van der Waals surface area contributed by atoms with Crippen molar-refractivity contribution in [2.45, 2.75) is 19.4 Å². The van der Waals surface area contributed by atoms with Crippen LogP contribution in [0.1, 0.15) is 23.0 Å². The number of hydrogen-bond acceptors (Lipinski definition) is 6. The number of thiazole rings is 1. The van der Waals surface area contributed by atoms with Crippen molar-refractivity contribution in [2.24, 2.45) is 0 Å². The van der Waals surface area contributed by atoms with Gasteiger partial charge in [0, 0.05) is 29.5 Å². The van der Waals surface area contributed by atoms with Crippen LogP contribution in [-0.4, -0.2) is 26.9 Å². The molecule has 0 saturated carbocycles. The van der Waals surface area contributed by atoms with E-state index in [4.69, 9.17) is 0 Å². The molecular formula is C17H15N5OS. The number of carbonyl (C=O) groups is 1. The number of aromatic nitrogens is 3. The number of amides is 1. The molecule has 1 aliphatic rings. The quantitative estimate of drug-likeness (QED) is 0.794. The van der Waals surface area contributed by atoms with Crippen LogP contribution in [0, 0.1) is 0 Å². The van der Waals surface area contributed by atoms with Crippen LogP contribution in [0.3, 0.4) is 0 Å². The molecule has 0 aliphatic carbocycles. The van der Waals surface area contributed by atoms with Gasteiger partial charge in [-0.05, 0) is 31.0 Å². The van der Waals surface area contributed by atoms with Crippen LogP contribution < -0.4 is 10.2 Å². The van der Waals surface area contributed by atoms with E-state index in [1.54, 1.807) is 23.8 Å². The van der Waals surface area contributed by atoms with Crippen LogP contribution in [0.15, 0.2) is 48.1 Å². The maximum absolute atomic E-state index is 12.9. The minimum atomic E-state index is -0.0780. The first kappa shape index (κ1) is 14.8. The number of nitrogens with one attached hydrogen (secondary N) is 1. The number of benzene rings is 1. The zero-order valence-corrected chi connectivity index (χ0v) is 13.8. The molecule has 1 atom stereocenters. The molecule has 120 valence electrons. The number of hydrogen-bond donors (Lipinski definition) is 1. The molecule has 7 heteroatoms. The van der Waals surface area contributed by atoms with E-state index in [1.165, 1.54) is 16.9 Å². The number of para-hydroxylation sites is 1. The summed E-state index contributed by atoms with van der Waals surface area (Å²) in [5, 5.41) is 5.38. The fourth-order valence-corrected chi connectivity index (χ4v) is 3.57. The fourth-order valence-electron chi connectivity index (χ4n) is 2.89. The van der Waals surface area contributed by atoms with Gasteiger partial charge in [0.1, 0.15) is 5.69 Å². The van der Waals surface area contributed by atoms with Crippen LogP contribution in [0.25, 0.3) is 0 Å². The molecule has 1 amide bonds. The Hall–Kier alpha value is -2.80. The Bertz CT molecular complexity index is 879. The molecule has 1 N–H and O–H groups in total. The van der Waals surface area contributed by atoms with Gasteiger partial charge >= 0.3 is 0 Å². The third-order valence-corrected chi connectivity index (χ3v) is 4.69. The van der Waals surface area contributed by atoms with E-state index in [2.05, 4.69) is 33.3 Å². The van der Waals surface area contributed by atoms with Crippen molar-refractivity contribution < 1.29 is 4.79 Å². The summed E-state index contributed by atoms with van der Waals surface area (Å²) < 4.78 is 0. The standard InChI is InChI=1S/C17H15N5OS/c1-11-9-12-5-2-3-6-14(12)22(11)15(23)13-10-24-17(20-13)21-16-18-7-4-8-19-16/h2-8,10-11H,9H2,1H3,(H,18,19,20,21). The number of fused-ring (bicyclic) bond motifs is 1. The third-order valence-electron chi connectivity index (χ3n) is 3.93. The van der Waals surface area contributed by atoms with Gasteiger partial charge in [-0.25, -0.2) is 15.0 Å². The maximum atomic E-state index is 12.9. The number of nitrogens with zero attached hydrogens (tertiary/aromatic N) is 4. The van der Waals surface area contributed by atoms with Crippen LogP contribution in [-0.2, 0) is 6.42 Å². The van der Waals surface area contributed by atoms with E-state index >= 15 is 0 Å². The van der Waals surface area contributed by atoms with Crippen LogP contribution in [0.5, 0.6) is 0 Å². The Morgan fingerprint density at radius 3 is 2.88 bits per heavy atom. The number of anilines is 3. The topological polar surface area (TPSA) is 71.0 Å². The first-order chi connectivity index (χ1) is 11.7. The van der Waals surface area contributed by atoms with E-state index < -0.39 is 0 Å². The molecular weight excluding hydrogens is 322 g/mol. The molecule has 24 heavy (non-hydrogen) atoms. The van der Waals surface area contributed by atoms with Gasteiger partial charge in [0.05, 0.1) is 0 Å². The molecule has 4 rings (SSSR count). The number of rotatable bonds is 3. The van der Waals surface area contributed by atoms with Crippen molar-refractivity contribution in [3.63, 3.8) is 0 Å². The normalized spacial score (nSPS) is 16.0. The lowest BCUT2D eigenvalue weighted by molar-refractivity contribution is 0.0977. The van der Waals surface area contributed by atoms with Crippen LogP contribution in [0.2, 0.25) is 0 Å². The lowest BCUT2D eigenvalue weighted by atomic mass is 10.1. The molecule has 0 bridgehead atoms. The van der Waals surface area contributed by atoms with Crippen molar-refractivity contribution in [1.29, 1.82) is 0 Å². The summed E-state index contributed by atoms with van der Waals surface area (Å²) in [7, 11) is 0. The van der Waals surface area contributed by atoms with Gasteiger partial charge in [-0.3, -0.25) is 4.79 Å². The van der Waals surface area contributed by atoms with Gasteiger partial charge in [0.25, 0.3) is 5.91 Å². The molecule has 0 saturated heterocycles. The monoisotopic (exact) mass is 337 g/mol. The van der Waals surface area contributed by atoms with Gasteiger partial charge in [-0.2, -0.15) is 0 Å². The highest BCUT2D eigenvalue weighted by Crippen LogP contribution is 2.33. The van der Waals surface area contributed by atoms with E-state index in [0.29, 0.717) is 16.8 Å². The van der Waals surface area contributed by atoms with Crippen LogP contribution in [0.4, 0.5) is 16.8 Å². The van der Waals surface area contributed by atoms with E-state index in [0.717, 1.165) is 12.1 Å². The molecule has 2 aromatic heterocycles. The van der Waals surface area contributed by atoms with Crippen molar-refractivity contribution in [1.82, 2.24) is 15.0 Å². The molecule has 0 radical (unpaired) electrons. The third kappa shape index (κ3) is 2.63. The van der Waals surface area contributed by atoms with Crippen molar-refractivity contribution in [3.05, 3.63) is 59.4 Å². The largest absolute Gasteiger partial charge is 0.304 e. The second kappa shape index (κ2) is 6.01. The first-order valence-electron chi connectivity index (χ1n) is 7.63. The van der Waals surface area contributed by atoms with Crippen LogP contribution >= 0.6 is 11.3 Å². The summed E-state index contributed by atoms with van der Waals surface area (Å²) in [5.74, 6) is 0.386. The Kier molecular flexibility index (Phi) is 3.70. The summed E-state index contributed by atoms with van der Waals surface area (Å²) in [6.45, 7) is 2.06. The highest BCUT2D eigenvalue weighted by atomic mass is 32.1. The molecule has 1 aromatic carbocycles. The predicted octanol–water partition coefficient (Wildman–Crippen LogP) is 3.27.